The average molecular weight is 360 g/mol. The lowest BCUT2D eigenvalue weighted by atomic mass is 9.94. The first-order chi connectivity index (χ1) is 12.2. The number of aryl methyl sites for hydroxylation is 2. The first kappa shape index (κ1) is 20.3. The van der Waals surface area contributed by atoms with Crippen molar-refractivity contribution in [1.29, 1.82) is 0 Å². The zero-order chi connectivity index (χ0) is 19.3. The number of hydrogen-bond donors (Lipinski definition) is 0. The van der Waals surface area contributed by atoms with E-state index < -0.39 is 0 Å². The molecule has 26 heavy (non-hydrogen) atoms. The van der Waals surface area contributed by atoms with Crippen molar-refractivity contribution in [3.63, 3.8) is 0 Å². The lowest BCUT2D eigenvalue weighted by Gasteiger charge is -2.37. The topological polar surface area (TPSA) is 49.9 Å². The molecule has 1 aromatic carbocycles. The maximum Gasteiger partial charge on any atom is 0.228 e. The Bertz CT molecular complexity index is 621. The van der Waals surface area contributed by atoms with Gasteiger partial charge in [0, 0.05) is 38.0 Å². The van der Waals surface area contributed by atoms with Crippen LogP contribution in [0.2, 0.25) is 0 Å². The summed E-state index contributed by atoms with van der Waals surface area (Å²) in [5, 5.41) is 0. The Hall–Kier alpha value is -2.04. The molecule has 0 bridgehead atoms. The molecule has 0 aliphatic carbocycles. The standard InChI is InChI=1S/C21H32N2O3/c1-16-8-6-9-17(2)19(16)26-15-7-10-18(24)22-11-13-23(14-12-22)20(25)21(3,4)5/h6,8-9H,7,10-15H2,1-5H3. The smallest absolute Gasteiger partial charge is 0.228 e. The van der Waals surface area contributed by atoms with Crippen molar-refractivity contribution in [2.24, 2.45) is 5.41 Å². The summed E-state index contributed by atoms with van der Waals surface area (Å²) in [6, 6.07) is 6.09. The van der Waals surface area contributed by atoms with E-state index in [1.807, 2.05) is 62.6 Å². The Morgan fingerprint density at radius 3 is 2.08 bits per heavy atom. The van der Waals surface area contributed by atoms with Crippen LogP contribution in [0.3, 0.4) is 0 Å². The van der Waals surface area contributed by atoms with Crippen LogP contribution in [0.5, 0.6) is 5.75 Å². The van der Waals surface area contributed by atoms with Crippen molar-refractivity contribution in [2.45, 2.75) is 47.5 Å². The summed E-state index contributed by atoms with van der Waals surface area (Å²) >= 11 is 0. The van der Waals surface area contributed by atoms with Crippen molar-refractivity contribution in [2.75, 3.05) is 32.8 Å². The normalized spacial score (nSPS) is 15.1. The number of benzene rings is 1. The molecule has 1 fully saturated rings. The minimum atomic E-state index is -0.364. The van der Waals surface area contributed by atoms with E-state index in [0.29, 0.717) is 45.6 Å². The van der Waals surface area contributed by atoms with Crippen LogP contribution in [-0.2, 0) is 9.59 Å². The number of hydrogen-bond acceptors (Lipinski definition) is 3. The van der Waals surface area contributed by atoms with Gasteiger partial charge in [0.25, 0.3) is 0 Å². The van der Waals surface area contributed by atoms with Gasteiger partial charge < -0.3 is 14.5 Å². The van der Waals surface area contributed by atoms with E-state index in [-0.39, 0.29) is 17.2 Å². The first-order valence-corrected chi connectivity index (χ1v) is 9.46. The van der Waals surface area contributed by atoms with E-state index in [2.05, 4.69) is 0 Å². The molecule has 0 unspecified atom stereocenters. The summed E-state index contributed by atoms with van der Waals surface area (Å²) in [7, 11) is 0. The maximum atomic E-state index is 12.4. The van der Waals surface area contributed by atoms with Crippen LogP contribution in [0.25, 0.3) is 0 Å². The summed E-state index contributed by atoms with van der Waals surface area (Å²) in [5.74, 6) is 1.24. The van der Waals surface area contributed by atoms with Crippen molar-refractivity contribution < 1.29 is 14.3 Å². The molecular weight excluding hydrogens is 328 g/mol. The van der Waals surface area contributed by atoms with E-state index in [4.69, 9.17) is 4.74 Å². The van der Waals surface area contributed by atoms with Crippen LogP contribution in [0.4, 0.5) is 0 Å². The summed E-state index contributed by atoms with van der Waals surface area (Å²) in [5.41, 5.74) is 1.88. The van der Waals surface area contributed by atoms with Crippen LogP contribution in [-0.4, -0.2) is 54.4 Å². The number of carbonyl (C=O) groups is 2. The molecule has 0 saturated carbocycles. The monoisotopic (exact) mass is 360 g/mol. The molecular formula is C21H32N2O3. The fraction of sp³-hybridized carbons (Fsp3) is 0.619. The minimum Gasteiger partial charge on any atom is -0.493 e. The van der Waals surface area contributed by atoms with Gasteiger partial charge in [0.1, 0.15) is 5.75 Å². The van der Waals surface area contributed by atoms with E-state index in [1.165, 1.54) is 0 Å². The summed E-state index contributed by atoms with van der Waals surface area (Å²) in [4.78, 5) is 28.4. The molecule has 0 atom stereocenters. The molecule has 0 N–H and O–H groups in total. The number of nitrogens with zero attached hydrogens (tertiary/aromatic N) is 2. The number of ether oxygens (including phenoxy) is 1. The second-order valence-corrected chi connectivity index (χ2v) is 8.10. The average Bonchev–Trinajstić information content (AvgIpc) is 2.59. The van der Waals surface area contributed by atoms with Crippen LogP contribution >= 0.6 is 0 Å². The first-order valence-electron chi connectivity index (χ1n) is 9.46. The lowest BCUT2D eigenvalue weighted by Crippen LogP contribution is -2.53. The fourth-order valence-electron chi connectivity index (χ4n) is 3.22. The van der Waals surface area contributed by atoms with Gasteiger partial charge in [0.2, 0.25) is 11.8 Å². The third-order valence-corrected chi connectivity index (χ3v) is 4.75. The molecule has 1 aromatic rings. The van der Waals surface area contributed by atoms with Gasteiger partial charge in [-0.05, 0) is 31.4 Å². The molecule has 5 heteroatoms. The van der Waals surface area contributed by atoms with Gasteiger partial charge in [-0.3, -0.25) is 9.59 Å². The van der Waals surface area contributed by atoms with Crippen LogP contribution in [0.1, 0.15) is 44.7 Å². The van der Waals surface area contributed by atoms with Gasteiger partial charge in [-0.1, -0.05) is 39.0 Å². The summed E-state index contributed by atoms with van der Waals surface area (Å²) in [6.07, 6.45) is 1.19. The summed E-state index contributed by atoms with van der Waals surface area (Å²) < 4.78 is 5.87. The highest BCUT2D eigenvalue weighted by molar-refractivity contribution is 5.82. The van der Waals surface area contributed by atoms with E-state index in [0.717, 1.165) is 16.9 Å². The molecule has 0 spiro atoms. The Morgan fingerprint density at radius 1 is 1.00 bits per heavy atom. The minimum absolute atomic E-state index is 0.151. The van der Waals surface area contributed by atoms with Gasteiger partial charge in [0.15, 0.2) is 0 Å². The Morgan fingerprint density at radius 2 is 1.54 bits per heavy atom. The lowest BCUT2D eigenvalue weighted by molar-refractivity contribution is -0.145. The Labute approximate surface area is 157 Å². The predicted molar refractivity (Wildman–Crippen MR) is 103 cm³/mol. The molecule has 1 heterocycles. The van der Waals surface area contributed by atoms with Crippen LogP contribution < -0.4 is 4.74 Å². The van der Waals surface area contributed by atoms with Crippen molar-refractivity contribution >= 4 is 11.8 Å². The molecule has 144 valence electrons. The van der Waals surface area contributed by atoms with Gasteiger partial charge in [-0.2, -0.15) is 0 Å². The predicted octanol–water partition coefficient (Wildman–Crippen LogP) is 3.18. The van der Waals surface area contributed by atoms with Crippen molar-refractivity contribution in [1.82, 2.24) is 9.80 Å². The molecule has 1 saturated heterocycles. The fourth-order valence-corrected chi connectivity index (χ4v) is 3.22. The van der Waals surface area contributed by atoms with E-state index in [9.17, 15) is 9.59 Å². The van der Waals surface area contributed by atoms with Crippen molar-refractivity contribution in [3.8, 4) is 5.75 Å². The Balaban J connectivity index is 1.72. The maximum absolute atomic E-state index is 12.4. The highest BCUT2D eigenvalue weighted by atomic mass is 16.5. The molecule has 1 aliphatic heterocycles. The van der Waals surface area contributed by atoms with Gasteiger partial charge in [0.05, 0.1) is 6.61 Å². The SMILES string of the molecule is Cc1cccc(C)c1OCCCC(=O)N1CCN(C(=O)C(C)(C)C)CC1. The van der Waals surface area contributed by atoms with Crippen molar-refractivity contribution in [3.05, 3.63) is 29.3 Å². The summed E-state index contributed by atoms with van der Waals surface area (Å²) in [6.45, 7) is 12.9. The van der Waals surface area contributed by atoms with Gasteiger partial charge in [-0.15, -0.1) is 0 Å². The molecule has 5 nitrogen and oxygen atoms in total. The molecule has 0 radical (unpaired) electrons. The largest absolute Gasteiger partial charge is 0.493 e. The quantitative estimate of drug-likeness (QED) is 0.758. The third kappa shape index (κ3) is 5.23. The van der Waals surface area contributed by atoms with Gasteiger partial charge in [-0.25, -0.2) is 0 Å². The number of piperazine rings is 1. The number of para-hydroxylation sites is 1. The Kier molecular flexibility index (Phi) is 6.68. The third-order valence-electron chi connectivity index (χ3n) is 4.75. The molecule has 1 aliphatic rings. The number of amides is 2. The van der Waals surface area contributed by atoms with E-state index in [1.54, 1.807) is 0 Å². The number of rotatable bonds is 5. The van der Waals surface area contributed by atoms with Crippen LogP contribution in [0.15, 0.2) is 18.2 Å². The molecule has 2 amide bonds. The highest BCUT2D eigenvalue weighted by Crippen LogP contribution is 2.22. The van der Waals surface area contributed by atoms with E-state index >= 15 is 0 Å². The zero-order valence-corrected chi connectivity index (χ0v) is 16.8. The second kappa shape index (κ2) is 8.56. The highest BCUT2D eigenvalue weighted by Gasteiger charge is 2.30. The van der Waals surface area contributed by atoms with Crippen LogP contribution in [0, 0.1) is 19.3 Å². The zero-order valence-electron chi connectivity index (χ0n) is 16.8. The molecule has 0 aromatic heterocycles. The van der Waals surface area contributed by atoms with Gasteiger partial charge >= 0.3 is 0 Å². The number of carbonyl (C=O) groups excluding carboxylic acids is 2. The molecule has 2 rings (SSSR count). The second-order valence-electron chi connectivity index (χ2n) is 8.10.